The number of hydrogen-bond acceptors (Lipinski definition) is 3. The molecule has 0 bridgehead atoms. The summed E-state index contributed by atoms with van der Waals surface area (Å²) in [5, 5.41) is 9.20. The van der Waals surface area contributed by atoms with Gasteiger partial charge < -0.3 is 5.11 Å². The summed E-state index contributed by atoms with van der Waals surface area (Å²) in [6, 6.07) is 6.75. The molecule has 1 N–H and O–H groups in total. The van der Waals surface area contributed by atoms with Crippen LogP contribution in [0.15, 0.2) is 29.2 Å². The smallest absolute Gasteiger partial charge is 0.178 e. The molecule has 16 heavy (non-hydrogen) atoms. The van der Waals surface area contributed by atoms with Gasteiger partial charge in [-0.15, -0.1) is 0 Å². The van der Waals surface area contributed by atoms with E-state index in [1.165, 1.54) is 0 Å². The molecule has 0 heterocycles. The SMILES string of the molecule is CCCS(=O)(=O)c1ccc(CC(C)O)cc1. The first-order valence-electron chi connectivity index (χ1n) is 5.45. The van der Waals surface area contributed by atoms with Crippen molar-refractivity contribution in [2.75, 3.05) is 5.75 Å². The molecule has 0 aliphatic heterocycles. The molecule has 1 atom stereocenters. The van der Waals surface area contributed by atoms with Crippen molar-refractivity contribution >= 4 is 9.84 Å². The topological polar surface area (TPSA) is 54.4 Å². The summed E-state index contributed by atoms with van der Waals surface area (Å²) in [5.74, 6) is 0.183. The minimum absolute atomic E-state index is 0.183. The predicted molar refractivity (Wildman–Crippen MR) is 64.2 cm³/mol. The largest absolute Gasteiger partial charge is 0.393 e. The van der Waals surface area contributed by atoms with Crippen molar-refractivity contribution in [3.8, 4) is 0 Å². The van der Waals surface area contributed by atoms with Gasteiger partial charge in [0, 0.05) is 0 Å². The van der Waals surface area contributed by atoms with Crippen LogP contribution in [0.2, 0.25) is 0 Å². The third-order valence-electron chi connectivity index (χ3n) is 2.29. The molecule has 0 aliphatic carbocycles. The number of hydrogen-bond donors (Lipinski definition) is 1. The molecule has 0 aromatic heterocycles. The van der Waals surface area contributed by atoms with Gasteiger partial charge in [0.25, 0.3) is 0 Å². The molecule has 0 fully saturated rings. The van der Waals surface area contributed by atoms with Crippen LogP contribution in [-0.4, -0.2) is 25.4 Å². The lowest BCUT2D eigenvalue weighted by Gasteiger charge is -2.06. The van der Waals surface area contributed by atoms with Crippen molar-refractivity contribution in [1.82, 2.24) is 0 Å². The fourth-order valence-corrected chi connectivity index (χ4v) is 2.88. The van der Waals surface area contributed by atoms with E-state index in [0.29, 0.717) is 17.7 Å². The van der Waals surface area contributed by atoms with Crippen LogP contribution in [0.1, 0.15) is 25.8 Å². The van der Waals surface area contributed by atoms with Crippen molar-refractivity contribution in [3.63, 3.8) is 0 Å². The first-order chi connectivity index (χ1) is 7.45. The van der Waals surface area contributed by atoms with Crippen molar-refractivity contribution in [1.29, 1.82) is 0 Å². The van der Waals surface area contributed by atoms with Crippen LogP contribution in [0.5, 0.6) is 0 Å². The molecular formula is C12H18O3S. The molecule has 0 saturated heterocycles. The van der Waals surface area contributed by atoms with Crippen LogP contribution in [0, 0.1) is 0 Å². The number of sulfone groups is 1. The van der Waals surface area contributed by atoms with Gasteiger partial charge in [0.1, 0.15) is 0 Å². The van der Waals surface area contributed by atoms with E-state index in [1.807, 2.05) is 6.92 Å². The summed E-state index contributed by atoms with van der Waals surface area (Å²) < 4.78 is 23.4. The molecule has 90 valence electrons. The van der Waals surface area contributed by atoms with E-state index in [1.54, 1.807) is 31.2 Å². The Morgan fingerprint density at radius 3 is 2.25 bits per heavy atom. The second-order valence-electron chi connectivity index (χ2n) is 4.02. The Bertz CT molecular complexity index is 418. The maximum atomic E-state index is 11.7. The molecule has 1 unspecified atom stereocenters. The van der Waals surface area contributed by atoms with Crippen LogP contribution in [-0.2, 0) is 16.3 Å². The standard InChI is InChI=1S/C12H18O3S/c1-3-8-16(14,15)12-6-4-11(5-7-12)9-10(2)13/h4-7,10,13H,3,8-9H2,1-2H3. The molecule has 1 rings (SSSR count). The first-order valence-corrected chi connectivity index (χ1v) is 7.10. The third kappa shape index (κ3) is 3.61. The third-order valence-corrected chi connectivity index (χ3v) is 4.22. The second-order valence-corrected chi connectivity index (χ2v) is 6.13. The molecule has 0 saturated carbocycles. The fourth-order valence-electron chi connectivity index (χ4n) is 1.56. The monoisotopic (exact) mass is 242 g/mol. The minimum Gasteiger partial charge on any atom is -0.393 e. The van der Waals surface area contributed by atoms with Crippen LogP contribution in [0.4, 0.5) is 0 Å². The fraction of sp³-hybridized carbons (Fsp3) is 0.500. The molecule has 3 nitrogen and oxygen atoms in total. The van der Waals surface area contributed by atoms with E-state index in [0.717, 1.165) is 5.56 Å². The zero-order valence-electron chi connectivity index (χ0n) is 9.68. The zero-order chi connectivity index (χ0) is 12.2. The van der Waals surface area contributed by atoms with Gasteiger partial charge in [0.05, 0.1) is 16.8 Å². The molecule has 1 aromatic rings. The van der Waals surface area contributed by atoms with E-state index in [2.05, 4.69) is 0 Å². The van der Waals surface area contributed by atoms with Crippen LogP contribution >= 0.6 is 0 Å². The summed E-state index contributed by atoms with van der Waals surface area (Å²) in [6.07, 6.45) is 0.768. The average Bonchev–Trinajstić information content (AvgIpc) is 2.17. The van der Waals surface area contributed by atoms with Gasteiger partial charge in [-0.25, -0.2) is 8.42 Å². The Balaban J connectivity index is 2.87. The Hall–Kier alpha value is -0.870. The number of benzene rings is 1. The number of aliphatic hydroxyl groups is 1. The molecule has 0 amide bonds. The van der Waals surface area contributed by atoms with Crippen molar-refractivity contribution < 1.29 is 13.5 Å². The Morgan fingerprint density at radius 2 is 1.81 bits per heavy atom. The average molecular weight is 242 g/mol. The van der Waals surface area contributed by atoms with Crippen LogP contribution < -0.4 is 0 Å². The van der Waals surface area contributed by atoms with Crippen LogP contribution in [0.25, 0.3) is 0 Å². The summed E-state index contributed by atoms with van der Waals surface area (Å²) in [6.45, 7) is 3.56. The maximum Gasteiger partial charge on any atom is 0.178 e. The molecule has 0 radical (unpaired) electrons. The summed E-state index contributed by atoms with van der Waals surface area (Å²) in [7, 11) is -3.12. The Kier molecular flexibility index (Phi) is 4.50. The van der Waals surface area contributed by atoms with Crippen LogP contribution in [0.3, 0.4) is 0 Å². The lowest BCUT2D eigenvalue weighted by atomic mass is 10.1. The van der Waals surface area contributed by atoms with E-state index < -0.39 is 15.9 Å². The van der Waals surface area contributed by atoms with E-state index in [-0.39, 0.29) is 5.75 Å². The molecule has 1 aromatic carbocycles. The van der Waals surface area contributed by atoms with Gasteiger partial charge in [-0.3, -0.25) is 0 Å². The lowest BCUT2D eigenvalue weighted by molar-refractivity contribution is 0.195. The molecular weight excluding hydrogens is 224 g/mol. The van der Waals surface area contributed by atoms with Gasteiger partial charge in [-0.05, 0) is 37.5 Å². The Labute approximate surface area is 97.0 Å². The first kappa shape index (κ1) is 13.2. The number of rotatable bonds is 5. The highest BCUT2D eigenvalue weighted by Gasteiger charge is 2.12. The van der Waals surface area contributed by atoms with Gasteiger partial charge in [-0.1, -0.05) is 19.1 Å². The maximum absolute atomic E-state index is 11.7. The van der Waals surface area contributed by atoms with Gasteiger partial charge in [0.15, 0.2) is 9.84 Å². The Morgan fingerprint density at radius 1 is 1.25 bits per heavy atom. The highest BCUT2D eigenvalue weighted by molar-refractivity contribution is 7.91. The zero-order valence-corrected chi connectivity index (χ0v) is 10.5. The van der Waals surface area contributed by atoms with Crippen molar-refractivity contribution in [2.24, 2.45) is 0 Å². The summed E-state index contributed by atoms with van der Waals surface area (Å²) in [5.41, 5.74) is 0.949. The molecule has 0 spiro atoms. The summed E-state index contributed by atoms with van der Waals surface area (Å²) in [4.78, 5) is 0.365. The lowest BCUT2D eigenvalue weighted by Crippen LogP contribution is -2.07. The second kappa shape index (κ2) is 5.46. The number of aliphatic hydroxyl groups excluding tert-OH is 1. The van der Waals surface area contributed by atoms with Gasteiger partial charge in [-0.2, -0.15) is 0 Å². The van der Waals surface area contributed by atoms with Crippen molar-refractivity contribution in [2.45, 2.75) is 37.7 Å². The van der Waals surface area contributed by atoms with Crippen molar-refractivity contribution in [3.05, 3.63) is 29.8 Å². The minimum atomic E-state index is -3.12. The highest BCUT2D eigenvalue weighted by Crippen LogP contribution is 2.14. The van der Waals surface area contributed by atoms with Gasteiger partial charge in [0.2, 0.25) is 0 Å². The predicted octanol–water partition coefficient (Wildman–Crippen LogP) is 1.79. The quantitative estimate of drug-likeness (QED) is 0.856. The van der Waals surface area contributed by atoms with E-state index in [4.69, 9.17) is 0 Å². The van der Waals surface area contributed by atoms with E-state index >= 15 is 0 Å². The van der Waals surface area contributed by atoms with Gasteiger partial charge >= 0.3 is 0 Å². The van der Waals surface area contributed by atoms with E-state index in [9.17, 15) is 13.5 Å². The molecule has 4 heteroatoms. The highest BCUT2D eigenvalue weighted by atomic mass is 32.2. The normalized spacial score (nSPS) is 13.7. The summed E-state index contributed by atoms with van der Waals surface area (Å²) >= 11 is 0. The molecule has 0 aliphatic rings.